The van der Waals surface area contributed by atoms with E-state index in [2.05, 4.69) is 5.32 Å². The molecule has 0 spiro atoms. The number of rotatable bonds is 8. The highest BCUT2D eigenvalue weighted by molar-refractivity contribution is 6.32. The predicted octanol–water partition coefficient (Wildman–Crippen LogP) is 5.46. The van der Waals surface area contributed by atoms with Gasteiger partial charge in [0.25, 0.3) is 0 Å². The summed E-state index contributed by atoms with van der Waals surface area (Å²) in [6.07, 6.45) is 1.51. The average Bonchev–Trinajstić information content (AvgIpc) is 3.22. The molecule has 8 heteroatoms. The number of carbonyl (C=O) groups is 1. The molecule has 0 bridgehead atoms. The van der Waals surface area contributed by atoms with Gasteiger partial charge in [0, 0.05) is 37.8 Å². The number of nitro groups is 1. The second-order valence-corrected chi connectivity index (χ2v) is 7.92. The van der Waals surface area contributed by atoms with E-state index in [4.69, 9.17) is 16.3 Å². The molecular weight excluding hydrogens is 430 g/mol. The molecule has 7 nitrogen and oxygen atoms in total. The number of hydrogen-bond donors (Lipinski definition) is 1. The molecule has 32 heavy (non-hydrogen) atoms. The zero-order valence-electron chi connectivity index (χ0n) is 17.3. The summed E-state index contributed by atoms with van der Waals surface area (Å²) in [5.74, 6) is 0.667. The van der Waals surface area contributed by atoms with Gasteiger partial charge in [-0.15, -0.1) is 0 Å². The molecule has 1 heterocycles. The third kappa shape index (κ3) is 5.07. The Kier molecular flexibility index (Phi) is 6.68. The first-order valence-electron chi connectivity index (χ1n) is 10.3. The number of carbonyl (C=O) groups excluding carboxylic acids is 1. The first kappa shape index (κ1) is 21.8. The number of anilines is 1. The van der Waals surface area contributed by atoms with Crippen LogP contribution in [-0.2, 0) is 17.9 Å². The fourth-order valence-corrected chi connectivity index (χ4v) is 3.79. The van der Waals surface area contributed by atoms with Gasteiger partial charge in [0.2, 0.25) is 11.7 Å². The highest BCUT2D eigenvalue weighted by Gasteiger charge is 2.21. The molecule has 1 N–H and O–H groups in total. The molecule has 3 aromatic carbocycles. The van der Waals surface area contributed by atoms with Crippen molar-refractivity contribution in [1.82, 2.24) is 5.32 Å². The van der Waals surface area contributed by atoms with Crippen molar-refractivity contribution in [3.63, 3.8) is 0 Å². The van der Waals surface area contributed by atoms with Crippen LogP contribution in [-0.4, -0.2) is 17.4 Å². The van der Waals surface area contributed by atoms with Crippen LogP contribution in [0.25, 0.3) is 0 Å². The maximum atomic E-state index is 11.9. The van der Waals surface area contributed by atoms with Crippen molar-refractivity contribution in [3.05, 3.63) is 93.0 Å². The van der Waals surface area contributed by atoms with Gasteiger partial charge in [0.1, 0.15) is 5.75 Å². The number of ether oxygens (including phenoxy) is 1. The molecule has 164 valence electrons. The van der Waals surface area contributed by atoms with Gasteiger partial charge in [0.15, 0.2) is 0 Å². The molecule has 0 radical (unpaired) electrons. The highest BCUT2D eigenvalue weighted by Crippen LogP contribution is 2.35. The van der Waals surface area contributed by atoms with Crippen molar-refractivity contribution in [2.75, 3.05) is 11.4 Å². The van der Waals surface area contributed by atoms with E-state index < -0.39 is 4.92 Å². The fourth-order valence-electron chi connectivity index (χ4n) is 3.61. The molecule has 3 aromatic rings. The summed E-state index contributed by atoms with van der Waals surface area (Å²) >= 11 is 6.09. The Bertz CT molecular complexity index is 1130. The Morgan fingerprint density at radius 2 is 1.72 bits per heavy atom. The number of nitrogens with zero attached hydrogens (tertiary/aromatic N) is 2. The van der Waals surface area contributed by atoms with Crippen LogP contribution < -0.4 is 15.0 Å². The molecule has 1 aliphatic rings. The lowest BCUT2D eigenvalue weighted by atomic mass is 10.1. The topological polar surface area (TPSA) is 84.7 Å². The first-order chi connectivity index (χ1) is 15.5. The molecule has 1 amide bonds. The van der Waals surface area contributed by atoms with Gasteiger partial charge in [-0.1, -0.05) is 41.9 Å². The minimum Gasteiger partial charge on any atom is -0.449 e. The maximum Gasteiger partial charge on any atom is 0.311 e. The third-order valence-electron chi connectivity index (χ3n) is 5.26. The lowest BCUT2D eigenvalue weighted by Gasteiger charge is -2.16. The standard InChI is InChI=1S/C24H22ClN3O4/c25-20-4-1-2-5-22(20)32-23-12-9-18(14-21(23)28(30)31)16-26-15-17-7-10-19(11-8-17)27-13-3-6-24(27)29/h1-2,4-5,7-12,14,26H,3,6,13,15-16H2. The number of benzene rings is 3. The number of para-hydroxylation sites is 1. The minimum atomic E-state index is -0.464. The van der Waals surface area contributed by atoms with E-state index in [-0.39, 0.29) is 17.3 Å². The first-order valence-corrected chi connectivity index (χ1v) is 10.7. The van der Waals surface area contributed by atoms with Crippen LogP contribution in [0.4, 0.5) is 11.4 Å². The van der Waals surface area contributed by atoms with Gasteiger partial charge >= 0.3 is 5.69 Å². The van der Waals surface area contributed by atoms with Crippen molar-refractivity contribution in [1.29, 1.82) is 0 Å². The Morgan fingerprint density at radius 1 is 1.00 bits per heavy atom. The monoisotopic (exact) mass is 451 g/mol. The van der Waals surface area contributed by atoms with Crippen molar-refractivity contribution in [2.45, 2.75) is 25.9 Å². The van der Waals surface area contributed by atoms with Gasteiger partial charge in [-0.2, -0.15) is 0 Å². The molecular formula is C24H22ClN3O4. The van der Waals surface area contributed by atoms with Crippen LogP contribution in [0.2, 0.25) is 5.02 Å². The fraction of sp³-hybridized carbons (Fsp3) is 0.208. The lowest BCUT2D eigenvalue weighted by molar-refractivity contribution is -0.385. The molecule has 1 aliphatic heterocycles. The molecule has 1 saturated heterocycles. The summed E-state index contributed by atoms with van der Waals surface area (Å²) in [4.78, 5) is 24.8. The Balaban J connectivity index is 1.38. The van der Waals surface area contributed by atoms with Crippen LogP contribution in [0, 0.1) is 10.1 Å². The quantitative estimate of drug-likeness (QED) is 0.363. The van der Waals surface area contributed by atoms with Gasteiger partial charge in [-0.25, -0.2) is 0 Å². The number of nitro benzene ring substituents is 1. The van der Waals surface area contributed by atoms with E-state index >= 15 is 0 Å². The van der Waals surface area contributed by atoms with Gasteiger partial charge in [-0.05, 0) is 47.9 Å². The largest absolute Gasteiger partial charge is 0.449 e. The summed E-state index contributed by atoms with van der Waals surface area (Å²) in [6.45, 7) is 1.82. The van der Waals surface area contributed by atoms with Crippen molar-refractivity contribution in [3.8, 4) is 11.5 Å². The Hall–Kier alpha value is -3.42. The number of halogens is 1. The number of amides is 1. The van der Waals surface area contributed by atoms with E-state index in [1.54, 1.807) is 36.4 Å². The van der Waals surface area contributed by atoms with Crippen LogP contribution in [0.5, 0.6) is 11.5 Å². The molecule has 0 atom stereocenters. The van der Waals surface area contributed by atoms with Crippen molar-refractivity contribution in [2.24, 2.45) is 0 Å². The maximum absolute atomic E-state index is 11.9. The van der Waals surface area contributed by atoms with E-state index in [0.29, 0.717) is 30.3 Å². The number of nitrogens with one attached hydrogen (secondary N) is 1. The van der Waals surface area contributed by atoms with E-state index in [9.17, 15) is 14.9 Å². The lowest BCUT2D eigenvalue weighted by Crippen LogP contribution is -2.23. The summed E-state index contributed by atoms with van der Waals surface area (Å²) in [5.41, 5.74) is 2.63. The van der Waals surface area contributed by atoms with Gasteiger partial charge in [0.05, 0.1) is 9.95 Å². The Labute approximate surface area is 190 Å². The van der Waals surface area contributed by atoms with Crippen molar-refractivity contribution < 1.29 is 14.5 Å². The number of hydrogen-bond acceptors (Lipinski definition) is 5. The normalized spacial score (nSPS) is 13.4. The summed E-state index contributed by atoms with van der Waals surface area (Å²) < 4.78 is 5.67. The molecule has 1 fully saturated rings. The minimum absolute atomic E-state index is 0.121. The molecule has 0 aliphatic carbocycles. The Morgan fingerprint density at radius 3 is 2.41 bits per heavy atom. The average molecular weight is 452 g/mol. The smallest absolute Gasteiger partial charge is 0.311 e. The van der Waals surface area contributed by atoms with E-state index in [0.717, 1.165) is 29.8 Å². The SMILES string of the molecule is O=C1CCCN1c1ccc(CNCc2ccc(Oc3ccccc3Cl)c([N+](=O)[O-])c2)cc1. The summed E-state index contributed by atoms with van der Waals surface area (Å²) in [5, 5.41) is 15.2. The van der Waals surface area contributed by atoms with Crippen LogP contribution in [0.15, 0.2) is 66.7 Å². The zero-order valence-corrected chi connectivity index (χ0v) is 18.0. The van der Waals surface area contributed by atoms with E-state index in [1.807, 2.05) is 29.2 Å². The summed E-state index contributed by atoms with van der Waals surface area (Å²) in [6, 6.07) is 19.6. The highest BCUT2D eigenvalue weighted by atomic mass is 35.5. The second-order valence-electron chi connectivity index (χ2n) is 7.51. The van der Waals surface area contributed by atoms with Crippen molar-refractivity contribution >= 4 is 28.9 Å². The van der Waals surface area contributed by atoms with Crippen LogP contribution in [0.1, 0.15) is 24.0 Å². The second kappa shape index (κ2) is 9.80. The molecule has 4 rings (SSSR count). The molecule has 0 aromatic heterocycles. The van der Waals surface area contributed by atoms with E-state index in [1.165, 1.54) is 6.07 Å². The summed E-state index contributed by atoms with van der Waals surface area (Å²) in [7, 11) is 0. The van der Waals surface area contributed by atoms with Gasteiger partial charge in [-0.3, -0.25) is 14.9 Å². The van der Waals surface area contributed by atoms with Crippen LogP contribution in [0.3, 0.4) is 0 Å². The molecule has 0 unspecified atom stereocenters. The van der Waals surface area contributed by atoms with Gasteiger partial charge < -0.3 is 15.0 Å². The van der Waals surface area contributed by atoms with Crippen LogP contribution >= 0.6 is 11.6 Å². The molecule has 0 saturated carbocycles. The third-order valence-corrected chi connectivity index (χ3v) is 5.57. The zero-order chi connectivity index (χ0) is 22.5. The predicted molar refractivity (Wildman–Crippen MR) is 123 cm³/mol.